The van der Waals surface area contributed by atoms with Gasteiger partial charge in [-0.05, 0) is 19.8 Å². The number of guanidine groups is 1. The number of aliphatic imine (C=N–C) groups is 1. The number of hydrogen-bond donors (Lipinski definition) is 2. The molecule has 2 rings (SSSR count). The Bertz CT molecular complexity index is 485. The minimum absolute atomic E-state index is 0.109. The van der Waals surface area contributed by atoms with Crippen LogP contribution in [0.5, 0.6) is 0 Å². The second-order valence-corrected chi connectivity index (χ2v) is 6.65. The van der Waals surface area contributed by atoms with E-state index >= 15 is 0 Å². The third-order valence-electron chi connectivity index (χ3n) is 4.54. The second kappa shape index (κ2) is 8.34. The van der Waals surface area contributed by atoms with Crippen LogP contribution in [-0.4, -0.2) is 36.4 Å². The number of aromatic nitrogens is 1. The highest BCUT2D eigenvalue weighted by Gasteiger charge is 2.49. The Balaban J connectivity index is 1.86. The van der Waals surface area contributed by atoms with Crippen LogP contribution in [-0.2, 0) is 11.3 Å². The molecule has 2 atom stereocenters. The number of ether oxygens (including phenoxy) is 1. The molecule has 0 aliphatic heterocycles. The maximum atomic E-state index is 6.00. The molecule has 2 unspecified atom stereocenters. The molecule has 1 aromatic heterocycles. The molecule has 1 aliphatic rings. The van der Waals surface area contributed by atoms with Gasteiger partial charge in [0.2, 0.25) is 0 Å². The first-order valence-electron chi connectivity index (χ1n) is 8.63. The van der Waals surface area contributed by atoms with Crippen molar-refractivity contribution in [2.75, 3.05) is 13.2 Å². The third kappa shape index (κ3) is 4.70. The largest absolute Gasteiger partial charge is 0.378 e. The van der Waals surface area contributed by atoms with Crippen LogP contribution >= 0.6 is 0 Å². The van der Waals surface area contributed by atoms with Crippen molar-refractivity contribution < 1.29 is 9.26 Å². The van der Waals surface area contributed by atoms with Crippen molar-refractivity contribution in [3.8, 4) is 0 Å². The molecule has 1 heterocycles. The average molecular weight is 322 g/mol. The Labute approximate surface area is 139 Å². The molecule has 6 nitrogen and oxygen atoms in total. The summed E-state index contributed by atoms with van der Waals surface area (Å²) in [6, 6.07) is 2.20. The van der Waals surface area contributed by atoms with Gasteiger partial charge >= 0.3 is 0 Å². The number of nitrogens with one attached hydrogen (secondary N) is 2. The second-order valence-electron chi connectivity index (χ2n) is 6.65. The summed E-state index contributed by atoms with van der Waals surface area (Å²) in [5.41, 5.74) is 0.938. The molecule has 0 bridgehead atoms. The SMILES string of the molecule is CCCCOC1CC(NC(=NCc2ccon2)NCC)C1(C)C. The molecule has 130 valence electrons. The number of rotatable bonds is 8. The van der Waals surface area contributed by atoms with Crippen molar-refractivity contribution in [1.82, 2.24) is 15.8 Å². The van der Waals surface area contributed by atoms with Crippen molar-refractivity contribution in [2.45, 2.75) is 65.6 Å². The molecule has 1 fully saturated rings. The molecule has 0 aromatic carbocycles. The van der Waals surface area contributed by atoms with Gasteiger partial charge < -0.3 is 19.9 Å². The molecule has 1 saturated carbocycles. The predicted molar refractivity (Wildman–Crippen MR) is 91.3 cm³/mol. The van der Waals surface area contributed by atoms with Crippen molar-refractivity contribution >= 4 is 5.96 Å². The summed E-state index contributed by atoms with van der Waals surface area (Å²) in [4.78, 5) is 4.57. The summed E-state index contributed by atoms with van der Waals surface area (Å²) in [6.07, 6.45) is 5.22. The summed E-state index contributed by atoms with van der Waals surface area (Å²) in [7, 11) is 0. The van der Waals surface area contributed by atoms with Crippen LogP contribution in [0.1, 0.15) is 52.7 Å². The van der Waals surface area contributed by atoms with E-state index in [1.54, 1.807) is 6.26 Å². The minimum atomic E-state index is 0.109. The molecule has 23 heavy (non-hydrogen) atoms. The zero-order valence-electron chi connectivity index (χ0n) is 14.8. The first kappa shape index (κ1) is 17.8. The van der Waals surface area contributed by atoms with Gasteiger partial charge in [-0.15, -0.1) is 0 Å². The normalized spacial score (nSPS) is 23.4. The van der Waals surface area contributed by atoms with Gasteiger partial charge in [0.15, 0.2) is 5.96 Å². The maximum absolute atomic E-state index is 6.00. The summed E-state index contributed by atoms with van der Waals surface area (Å²) in [6.45, 7) is 11.0. The molecule has 6 heteroatoms. The van der Waals surface area contributed by atoms with Crippen LogP contribution < -0.4 is 10.6 Å². The first-order valence-corrected chi connectivity index (χ1v) is 8.63. The summed E-state index contributed by atoms with van der Waals surface area (Å²) in [5, 5.41) is 10.7. The van der Waals surface area contributed by atoms with E-state index in [1.807, 2.05) is 6.07 Å². The van der Waals surface area contributed by atoms with E-state index in [-0.39, 0.29) is 5.41 Å². The smallest absolute Gasteiger partial charge is 0.191 e. The highest BCUT2D eigenvalue weighted by atomic mass is 16.5. The number of unbranched alkanes of at least 4 members (excludes halogenated alkanes) is 1. The maximum Gasteiger partial charge on any atom is 0.191 e. The number of nitrogens with zero attached hydrogens (tertiary/aromatic N) is 2. The van der Waals surface area contributed by atoms with Crippen molar-refractivity contribution in [2.24, 2.45) is 10.4 Å². The lowest BCUT2D eigenvalue weighted by atomic mass is 9.64. The van der Waals surface area contributed by atoms with Crippen LogP contribution in [0.25, 0.3) is 0 Å². The Kier molecular flexibility index (Phi) is 6.45. The van der Waals surface area contributed by atoms with Gasteiger partial charge in [0.25, 0.3) is 0 Å². The molecular weight excluding hydrogens is 292 g/mol. The molecule has 0 spiro atoms. The molecule has 1 aliphatic carbocycles. The lowest BCUT2D eigenvalue weighted by Crippen LogP contribution is -2.63. The highest BCUT2D eigenvalue weighted by molar-refractivity contribution is 5.80. The van der Waals surface area contributed by atoms with E-state index in [1.165, 1.54) is 6.42 Å². The van der Waals surface area contributed by atoms with Gasteiger partial charge in [0.05, 0.1) is 12.6 Å². The van der Waals surface area contributed by atoms with E-state index < -0.39 is 0 Å². The summed E-state index contributed by atoms with van der Waals surface area (Å²) in [5.74, 6) is 0.820. The van der Waals surface area contributed by atoms with Crippen LogP contribution in [0.15, 0.2) is 21.8 Å². The third-order valence-corrected chi connectivity index (χ3v) is 4.54. The van der Waals surface area contributed by atoms with Crippen molar-refractivity contribution in [3.05, 3.63) is 18.0 Å². The molecule has 0 saturated heterocycles. The zero-order chi connectivity index (χ0) is 16.7. The lowest BCUT2D eigenvalue weighted by molar-refractivity contribution is -0.113. The van der Waals surface area contributed by atoms with Gasteiger partial charge in [0, 0.05) is 30.7 Å². The Morgan fingerprint density at radius 1 is 1.48 bits per heavy atom. The highest BCUT2D eigenvalue weighted by Crippen LogP contribution is 2.42. The fourth-order valence-corrected chi connectivity index (χ4v) is 2.75. The summed E-state index contributed by atoms with van der Waals surface area (Å²) >= 11 is 0. The zero-order valence-corrected chi connectivity index (χ0v) is 14.8. The molecule has 0 amide bonds. The molecule has 2 N–H and O–H groups in total. The Morgan fingerprint density at radius 2 is 2.30 bits per heavy atom. The fraction of sp³-hybridized carbons (Fsp3) is 0.765. The van der Waals surface area contributed by atoms with Gasteiger partial charge in [-0.1, -0.05) is 32.3 Å². The average Bonchev–Trinajstić information content (AvgIpc) is 3.04. The molecular formula is C17H30N4O2. The molecule has 1 aromatic rings. The predicted octanol–water partition coefficient (Wildman–Crippen LogP) is 2.71. The van der Waals surface area contributed by atoms with Crippen molar-refractivity contribution in [1.29, 1.82) is 0 Å². The van der Waals surface area contributed by atoms with Crippen LogP contribution in [0, 0.1) is 5.41 Å². The number of hydrogen-bond acceptors (Lipinski definition) is 4. The quantitative estimate of drug-likeness (QED) is 0.437. The summed E-state index contributed by atoms with van der Waals surface area (Å²) < 4.78 is 10.8. The van der Waals surface area contributed by atoms with Gasteiger partial charge in [0.1, 0.15) is 12.0 Å². The van der Waals surface area contributed by atoms with Crippen molar-refractivity contribution in [3.63, 3.8) is 0 Å². The van der Waals surface area contributed by atoms with Gasteiger partial charge in [-0.25, -0.2) is 4.99 Å². The van der Waals surface area contributed by atoms with Gasteiger partial charge in [-0.3, -0.25) is 0 Å². The Morgan fingerprint density at radius 3 is 2.91 bits per heavy atom. The fourth-order valence-electron chi connectivity index (χ4n) is 2.75. The topological polar surface area (TPSA) is 71.7 Å². The van der Waals surface area contributed by atoms with E-state index in [4.69, 9.17) is 9.26 Å². The van der Waals surface area contributed by atoms with Crippen LogP contribution in [0.4, 0.5) is 0 Å². The van der Waals surface area contributed by atoms with Gasteiger partial charge in [-0.2, -0.15) is 0 Å². The van der Waals surface area contributed by atoms with Crippen LogP contribution in [0.2, 0.25) is 0 Å². The molecule has 0 radical (unpaired) electrons. The Hall–Kier alpha value is -1.56. The van der Waals surface area contributed by atoms with E-state index in [0.29, 0.717) is 18.7 Å². The van der Waals surface area contributed by atoms with Crippen LogP contribution in [0.3, 0.4) is 0 Å². The standard InChI is InChI=1S/C17H30N4O2/c1-5-7-9-22-15-11-14(17(15,3)4)20-16(18-6-2)19-12-13-8-10-23-21-13/h8,10,14-15H,5-7,9,11-12H2,1-4H3,(H2,18,19,20). The monoisotopic (exact) mass is 322 g/mol. The van der Waals surface area contributed by atoms with E-state index in [0.717, 1.165) is 37.6 Å². The lowest BCUT2D eigenvalue weighted by Gasteiger charge is -2.52. The minimum Gasteiger partial charge on any atom is -0.378 e. The van der Waals surface area contributed by atoms with E-state index in [9.17, 15) is 0 Å². The van der Waals surface area contributed by atoms with E-state index in [2.05, 4.69) is 48.5 Å². The first-order chi connectivity index (χ1) is 11.1.